The molecule has 18 heavy (non-hydrogen) atoms. The maximum absolute atomic E-state index is 12.3. The van der Waals surface area contributed by atoms with E-state index in [0.717, 1.165) is 24.9 Å². The molecule has 1 aromatic rings. The second-order valence-electron chi connectivity index (χ2n) is 4.86. The molecule has 0 aromatic heterocycles. The normalized spacial score (nSPS) is 21.7. The number of carbonyl (C=O) groups excluding carboxylic acids is 1. The van der Waals surface area contributed by atoms with Gasteiger partial charge in [0.15, 0.2) is 0 Å². The number of rotatable bonds is 3. The Bertz CT molecular complexity index is 394. The lowest BCUT2D eigenvalue weighted by Crippen LogP contribution is -2.45. The minimum absolute atomic E-state index is 0.0423. The molecule has 2 atom stereocenters. The summed E-state index contributed by atoms with van der Waals surface area (Å²) in [5, 5.41) is 9.18. The summed E-state index contributed by atoms with van der Waals surface area (Å²) in [5.41, 5.74) is 6.84. The van der Waals surface area contributed by atoms with Crippen molar-refractivity contribution in [3.05, 3.63) is 35.9 Å². The van der Waals surface area contributed by atoms with Crippen molar-refractivity contribution in [1.29, 1.82) is 0 Å². The predicted octanol–water partition coefficient (Wildman–Crippen LogP) is 0.917. The Morgan fingerprint density at radius 1 is 1.44 bits per heavy atom. The Kier molecular flexibility index (Phi) is 4.33. The van der Waals surface area contributed by atoms with Crippen LogP contribution in [0.25, 0.3) is 0 Å². The standard InChI is InChI=1S/C14H20N2O2/c15-13(12-6-2-1-3-7-12)14(18)16-8-4-5-11(9-16)10-17/h1-3,6-7,11,13,17H,4-5,8-10,15H2/t11?,13-/m1/s1. The Morgan fingerprint density at radius 3 is 2.83 bits per heavy atom. The number of nitrogens with zero attached hydrogens (tertiary/aromatic N) is 1. The number of hydrogen-bond donors (Lipinski definition) is 2. The summed E-state index contributed by atoms with van der Waals surface area (Å²) < 4.78 is 0. The van der Waals surface area contributed by atoms with E-state index >= 15 is 0 Å². The first-order chi connectivity index (χ1) is 8.72. The number of piperidine rings is 1. The van der Waals surface area contributed by atoms with Crippen molar-refractivity contribution in [2.75, 3.05) is 19.7 Å². The van der Waals surface area contributed by atoms with Gasteiger partial charge in [-0.05, 0) is 24.3 Å². The Labute approximate surface area is 107 Å². The topological polar surface area (TPSA) is 66.6 Å². The highest BCUT2D eigenvalue weighted by Crippen LogP contribution is 2.20. The van der Waals surface area contributed by atoms with Crippen molar-refractivity contribution >= 4 is 5.91 Å². The Hall–Kier alpha value is -1.39. The van der Waals surface area contributed by atoms with E-state index in [4.69, 9.17) is 5.73 Å². The molecule has 1 aromatic carbocycles. The molecule has 1 saturated heterocycles. The molecule has 4 nitrogen and oxygen atoms in total. The van der Waals surface area contributed by atoms with Gasteiger partial charge in [-0.2, -0.15) is 0 Å². The molecule has 1 amide bonds. The van der Waals surface area contributed by atoms with Crippen LogP contribution in [0.15, 0.2) is 30.3 Å². The maximum Gasteiger partial charge on any atom is 0.244 e. The highest BCUT2D eigenvalue weighted by molar-refractivity contribution is 5.83. The first-order valence-electron chi connectivity index (χ1n) is 6.42. The van der Waals surface area contributed by atoms with Gasteiger partial charge in [-0.25, -0.2) is 0 Å². The summed E-state index contributed by atoms with van der Waals surface area (Å²) in [6.07, 6.45) is 1.93. The number of likely N-dealkylation sites (tertiary alicyclic amines) is 1. The molecule has 98 valence electrons. The molecular formula is C14H20N2O2. The third-order valence-corrected chi connectivity index (χ3v) is 3.51. The van der Waals surface area contributed by atoms with E-state index in [0.29, 0.717) is 6.54 Å². The van der Waals surface area contributed by atoms with Crippen molar-refractivity contribution in [3.8, 4) is 0 Å². The minimum Gasteiger partial charge on any atom is -0.396 e. The van der Waals surface area contributed by atoms with Crippen LogP contribution in [0.3, 0.4) is 0 Å². The van der Waals surface area contributed by atoms with Crippen LogP contribution in [0.2, 0.25) is 0 Å². The van der Waals surface area contributed by atoms with E-state index in [1.54, 1.807) is 4.90 Å². The fourth-order valence-electron chi connectivity index (χ4n) is 2.41. The largest absolute Gasteiger partial charge is 0.396 e. The maximum atomic E-state index is 12.3. The van der Waals surface area contributed by atoms with E-state index in [1.165, 1.54) is 0 Å². The molecule has 1 aliphatic heterocycles. The average molecular weight is 248 g/mol. The first-order valence-corrected chi connectivity index (χ1v) is 6.42. The molecule has 0 spiro atoms. The lowest BCUT2D eigenvalue weighted by atomic mass is 9.97. The fraction of sp³-hybridized carbons (Fsp3) is 0.500. The van der Waals surface area contributed by atoms with Gasteiger partial charge < -0.3 is 15.7 Å². The summed E-state index contributed by atoms with van der Waals surface area (Å²) in [6.45, 7) is 1.51. The van der Waals surface area contributed by atoms with Crippen LogP contribution < -0.4 is 5.73 Å². The van der Waals surface area contributed by atoms with Gasteiger partial charge in [0.2, 0.25) is 5.91 Å². The van der Waals surface area contributed by atoms with Crippen molar-refractivity contribution in [3.63, 3.8) is 0 Å². The van der Waals surface area contributed by atoms with Gasteiger partial charge in [-0.1, -0.05) is 30.3 Å². The molecule has 0 radical (unpaired) electrons. The van der Waals surface area contributed by atoms with Crippen molar-refractivity contribution in [2.24, 2.45) is 11.7 Å². The summed E-state index contributed by atoms with van der Waals surface area (Å²) >= 11 is 0. The first kappa shape index (κ1) is 13.1. The average Bonchev–Trinajstić information content (AvgIpc) is 2.46. The van der Waals surface area contributed by atoms with Crippen LogP contribution in [0.4, 0.5) is 0 Å². The molecule has 0 saturated carbocycles. The molecule has 3 N–H and O–H groups in total. The summed E-state index contributed by atoms with van der Waals surface area (Å²) in [6, 6.07) is 8.82. The smallest absolute Gasteiger partial charge is 0.244 e. The summed E-state index contributed by atoms with van der Waals surface area (Å²) in [4.78, 5) is 14.1. The van der Waals surface area contributed by atoms with Crippen LogP contribution in [0.1, 0.15) is 24.4 Å². The zero-order valence-corrected chi connectivity index (χ0v) is 10.5. The molecule has 1 fully saturated rings. The minimum atomic E-state index is -0.594. The second kappa shape index (κ2) is 5.98. The number of amides is 1. The molecule has 0 aliphatic carbocycles. The van der Waals surface area contributed by atoms with Crippen molar-refractivity contribution < 1.29 is 9.90 Å². The van der Waals surface area contributed by atoms with Crippen LogP contribution in [0, 0.1) is 5.92 Å². The summed E-state index contributed by atoms with van der Waals surface area (Å²) in [7, 11) is 0. The third kappa shape index (κ3) is 2.89. The van der Waals surface area contributed by atoms with Crippen LogP contribution in [-0.2, 0) is 4.79 Å². The zero-order chi connectivity index (χ0) is 13.0. The SMILES string of the molecule is N[C@@H](C(=O)N1CCCC(CO)C1)c1ccccc1. The van der Waals surface area contributed by atoms with Crippen molar-refractivity contribution in [1.82, 2.24) is 4.90 Å². The number of benzene rings is 1. The highest BCUT2D eigenvalue weighted by Gasteiger charge is 2.27. The number of nitrogens with two attached hydrogens (primary N) is 1. The molecular weight excluding hydrogens is 228 g/mol. The summed E-state index contributed by atoms with van der Waals surface area (Å²) in [5.74, 6) is 0.157. The molecule has 0 bridgehead atoms. The molecule has 2 rings (SSSR count). The number of aliphatic hydroxyl groups excluding tert-OH is 1. The zero-order valence-electron chi connectivity index (χ0n) is 10.5. The van der Waals surface area contributed by atoms with E-state index in [2.05, 4.69) is 0 Å². The second-order valence-corrected chi connectivity index (χ2v) is 4.86. The number of carbonyl (C=O) groups is 1. The fourth-order valence-corrected chi connectivity index (χ4v) is 2.41. The van der Waals surface area contributed by atoms with E-state index in [9.17, 15) is 9.90 Å². The molecule has 1 aliphatic rings. The van der Waals surface area contributed by atoms with Gasteiger partial charge in [0.25, 0.3) is 0 Å². The lowest BCUT2D eigenvalue weighted by molar-refractivity contribution is -0.134. The van der Waals surface area contributed by atoms with E-state index < -0.39 is 6.04 Å². The Balaban J connectivity index is 2.02. The molecule has 1 unspecified atom stereocenters. The quantitative estimate of drug-likeness (QED) is 0.836. The molecule has 4 heteroatoms. The van der Waals surface area contributed by atoms with Gasteiger partial charge in [-0.15, -0.1) is 0 Å². The predicted molar refractivity (Wildman–Crippen MR) is 69.8 cm³/mol. The Morgan fingerprint density at radius 2 is 2.17 bits per heavy atom. The van der Waals surface area contributed by atoms with E-state index in [-0.39, 0.29) is 18.4 Å². The van der Waals surface area contributed by atoms with Crippen molar-refractivity contribution in [2.45, 2.75) is 18.9 Å². The van der Waals surface area contributed by atoms with Crippen LogP contribution in [-0.4, -0.2) is 35.6 Å². The van der Waals surface area contributed by atoms with Gasteiger partial charge in [-0.3, -0.25) is 4.79 Å². The van der Waals surface area contributed by atoms with Gasteiger partial charge in [0, 0.05) is 19.7 Å². The number of aliphatic hydroxyl groups is 1. The highest BCUT2D eigenvalue weighted by atomic mass is 16.3. The van der Waals surface area contributed by atoms with Gasteiger partial charge >= 0.3 is 0 Å². The number of hydrogen-bond acceptors (Lipinski definition) is 3. The monoisotopic (exact) mass is 248 g/mol. The van der Waals surface area contributed by atoms with Crippen LogP contribution in [0.5, 0.6) is 0 Å². The third-order valence-electron chi connectivity index (χ3n) is 3.51. The van der Waals surface area contributed by atoms with Crippen LogP contribution >= 0.6 is 0 Å². The lowest BCUT2D eigenvalue weighted by Gasteiger charge is -2.33. The van der Waals surface area contributed by atoms with E-state index in [1.807, 2.05) is 30.3 Å². The molecule has 1 heterocycles. The van der Waals surface area contributed by atoms with Gasteiger partial charge in [0.1, 0.15) is 6.04 Å². The van der Waals surface area contributed by atoms with Gasteiger partial charge in [0.05, 0.1) is 0 Å².